The molecular weight excluding hydrogens is 324 g/mol. The minimum absolute atomic E-state index is 0.203. The summed E-state index contributed by atoms with van der Waals surface area (Å²) in [5, 5.41) is 4.80. The maximum Gasteiger partial charge on any atom is 0.339 e. The Balaban J connectivity index is 1.54. The molecule has 124 valence electrons. The van der Waals surface area contributed by atoms with E-state index in [9.17, 15) is 19.2 Å². The number of amides is 3. The Bertz CT molecular complexity index is 950. The van der Waals surface area contributed by atoms with Gasteiger partial charge in [0.1, 0.15) is 0 Å². The molecule has 2 N–H and O–H groups in total. The molecule has 2 heterocycles. The number of rotatable bonds is 2. The van der Waals surface area contributed by atoms with E-state index in [0.717, 1.165) is 5.56 Å². The monoisotopic (exact) mass is 336 g/mol. The summed E-state index contributed by atoms with van der Waals surface area (Å²) in [5.74, 6) is -2.00. The first-order valence-electron chi connectivity index (χ1n) is 7.62. The van der Waals surface area contributed by atoms with Gasteiger partial charge in [0.2, 0.25) is 0 Å². The summed E-state index contributed by atoms with van der Waals surface area (Å²) in [6.45, 7) is 0. The van der Waals surface area contributed by atoms with Gasteiger partial charge in [-0.25, -0.2) is 4.79 Å². The molecule has 7 nitrogen and oxygen atoms in total. The van der Waals surface area contributed by atoms with E-state index in [1.165, 1.54) is 18.2 Å². The number of carbonyl (C=O) groups is 4. The molecule has 7 heteroatoms. The second-order valence-corrected chi connectivity index (χ2v) is 5.79. The van der Waals surface area contributed by atoms with Gasteiger partial charge in [-0.05, 0) is 29.8 Å². The van der Waals surface area contributed by atoms with Gasteiger partial charge in [-0.15, -0.1) is 0 Å². The largest absolute Gasteiger partial charge is 0.448 e. The molecule has 0 radical (unpaired) electrons. The highest BCUT2D eigenvalue weighted by Gasteiger charge is 2.32. The van der Waals surface area contributed by atoms with Crippen molar-refractivity contribution in [3.05, 3.63) is 64.7 Å². The summed E-state index contributed by atoms with van der Waals surface area (Å²) in [4.78, 5) is 47.6. The van der Waals surface area contributed by atoms with Crippen molar-refractivity contribution in [2.45, 2.75) is 12.5 Å². The van der Waals surface area contributed by atoms with Gasteiger partial charge in [0.25, 0.3) is 17.7 Å². The molecule has 2 aliphatic rings. The summed E-state index contributed by atoms with van der Waals surface area (Å²) in [6, 6.07) is 11.4. The smallest absolute Gasteiger partial charge is 0.339 e. The zero-order valence-electron chi connectivity index (χ0n) is 12.9. The second-order valence-electron chi connectivity index (χ2n) is 5.79. The number of nitrogens with one attached hydrogen (secondary N) is 2. The molecule has 0 fully saturated rings. The lowest BCUT2D eigenvalue weighted by Crippen LogP contribution is -2.38. The molecule has 25 heavy (non-hydrogen) atoms. The van der Waals surface area contributed by atoms with Crippen molar-refractivity contribution in [2.24, 2.45) is 0 Å². The maximum atomic E-state index is 12.4. The molecule has 3 amide bonds. The average molecular weight is 336 g/mol. The number of cyclic esters (lactones) is 1. The van der Waals surface area contributed by atoms with Crippen molar-refractivity contribution in [3.8, 4) is 0 Å². The van der Waals surface area contributed by atoms with Crippen molar-refractivity contribution in [2.75, 3.05) is 5.32 Å². The standard InChI is InChI=1S/C18H12N2O5/c21-15-12-6-5-10(8-13(12)16(22)20-15)19-17(23)14-7-9-3-1-2-4-11(9)18(24)25-14/h1-6,8,14H,7H2,(H,19,23)(H,20,21,22)/t14-/m0/s1. The minimum Gasteiger partial charge on any atom is -0.448 e. The van der Waals surface area contributed by atoms with E-state index in [2.05, 4.69) is 10.6 Å². The third-order valence-corrected chi connectivity index (χ3v) is 4.19. The normalized spacial score (nSPS) is 18.1. The van der Waals surface area contributed by atoms with Crippen LogP contribution in [-0.2, 0) is 16.0 Å². The van der Waals surface area contributed by atoms with Crippen molar-refractivity contribution in [3.63, 3.8) is 0 Å². The Morgan fingerprint density at radius 1 is 1.00 bits per heavy atom. The van der Waals surface area contributed by atoms with Gasteiger partial charge in [-0.2, -0.15) is 0 Å². The van der Waals surface area contributed by atoms with Crippen LogP contribution in [0.1, 0.15) is 36.6 Å². The molecule has 2 aromatic rings. The van der Waals surface area contributed by atoms with Crippen LogP contribution in [0.3, 0.4) is 0 Å². The molecule has 0 saturated carbocycles. The van der Waals surface area contributed by atoms with E-state index in [-0.39, 0.29) is 17.5 Å². The third-order valence-electron chi connectivity index (χ3n) is 4.19. The van der Waals surface area contributed by atoms with Crippen LogP contribution in [0.15, 0.2) is 42.5 Å². The highest BCUT2D eigenvalue weighted by atomic mass is 16.5. The Morgan fingerprint density at radius 3 is 2.60 bits per heavy atom. The molecule has 2 aliphatic heterocycles. The zero-order chi connectivity index (χ0) is 17.6. The zero-order valence-corrected chi connectivity index (χ0v) is 12.9. The minimum atomic E-state index is -0.953. The summed E-state index contributed by atoms with van der Waals surface area (Å²) >= 11 is 0. The first-order valence-corrected chi connectivity index (χ1v) is 7.62. The van der Waals surface area contributed by atoms with Gasteiger partial charge in [0.05, 0.1) is 16.7 Å². The van der Waals surface area contributed by atoms with Gasteiger partial charge in [0.15, 0.2) is 6.10 Å². The fourth-order valence-electron chi connectivity index (χ4n) is 2.95. The van der Waals surface area contributed by atoms with E-state index in [4.69, 9.17) is 4.74 Å². The Morgan fingerprint density at radius 2 is 1.76 bits per heavy atom. The van der Waals surface area contributed by atoms with Crippen LogP contribution < -0.4 is 10.6 Å². The van der Waals surface area contributed by atoms with Crippen LogP contribution >= 0.6 is 0 Å². The van der Waals surface area contributed by atoms with Crippen molar-refractivity contribution in [1.29, 1.82) is 0 Å². The molecule has 2 aromatic carbocycles. The molecule has 0 aromatic heterocycles. The first-order chi connectivity index (χ1) is 12.0. The number of hydrogen-bond donors (Lipinski definition) is 2. The van der Waals surface area contributed by atoms with E-state index in [1.807, 2.05) is 0 Å². The third kappa shape index (κ3) is 2.55. The van der Waals surface area contributed by atoms with Crippen LogP contribution in [0.5, 0.6) is 0 Å². The summed E-state index contributed by atoms with van der Waals surface area (Å²) in [5.41, 5.74) is 2.02. The van der Waals surface area contributed by atoms with Crippen molar-refractivity contribution < 1.29 is 23.9 Å². The molecule has 0 saturated heterocycles. The Hall–Kier alpha value is -3.48. The fraction of sp³-hybridized carbons (Fsp3) is 0.111. The lowest BCUT2D eigenvalue weighted by Gasteiger charge is -2.23. The van der Waals surface area contributed by atoms with Gasteiger partial charge < -0.3 is 10.1 Å². The van der Waals surface area contributed by atoms with Gasteiger partial charge in [0, 0.05) is 12.1 Å². The molecule has 0 unspecified atom stereocenters. The number of carbonyl (C=O) groups excluding carboxylic acids is 4. The van der Waals surface area contributed by atoms with Gasteiger partial charge in [-0.3, -0.25) is 19.7 Å². The summed E-state index contributed by atoms with van der Waals surface area (Å²) < 4.78 is 5.19. The SMILES string of the molecule is O=C1O[C@H](C(=O)Nc2ccc3c(c2)C(=O)NC3=O)Cc2ccccc21. The number of fused-ring (bicyclic) bond motifs is 2. The topological polar surface area (TPSA) is 102 Å². The first kappa shape index (κ1) is 15.1. The van der Waals surface area contributed by atoms with Crippen molar-refractivity contribution >= 4 is 29.4 Å². The summed E-state index contributed by atoms with van der Waals surface area (Å²) in [7, 11) is 0. The Labute approximate surface area is 142 Å². The summed E-state index contributed by atoms with van der Waals surface area (Å²) in [6.07, 6.45) is -0.677. The lowest BCUT2D eigenvalue weighted by atomic mass is 9.98. The molecule has 1 atom stereocenters. The number of ether oxygens (including phenoxy) is 1. The van der Waals surface area contributed by atoms with E-state index in [0.29, 0.717) is 11.3 Å². The molecule has 0 spiro atoms. The number of benzene rings is 2. The molecule has 4 rings (SSSR count). The fourth-order valence-corrected chi connectivity index (χ4v) is 2.95. The Kier molecular flexibility index (Phi) is 3.35. The molecular formula is C18H12N2O5. The molecule has 0 aliphatic carbocycles. The van der Waals surface area contributed by atoms with Crippen LogP contribution in [-0.4, -0.2) is 29.8 Å². The van der Waals surface area contributed by atoms with Crippen LogP contribution in [0.2, 0.25) is 0 Å². The van der Waals surface area contributed by atoms with Crippen molar-refractivity contribution in [1.82, 2.24) is 5.32 Å². The van der Waals surface area contributed by atoms with E-state index < -0.39 is 29.8 Å². The quantitative estimate of drug-likeness (QED) is 0.636. The number of esters is 1. The predicted octanol–water partition coefficient (Wildman–Crippen LogP) is 1.29. The predicted molar refractivity (Wildman–Crippen MR) is 86.2 cm³/mol. The maximum absolute atomic E-state index is 12.4. The number of hydrogen-bond acceptors (Lipinski definition) is 5. The average Bonchev–Trinajstić information content (AvgIpc) is 2.89. The molecule has 0 bridgehead atoms. The number of imide groups is 1. The van der Waals surface area contributed by atoms with Crippen LogP contribution in [0.4, 0.5) is 5.69 Å². The van der Waals surface area contributed by atoms with Gasteiger partial charge >= 0.3 is 5.97 Å². The lowest BCUT2D eigenvalue weighted by molar-refractivity contribution is -0.125. The van der Waals surface area contributed by atoms with Gasteiger partial charge in [-0.1, -0.05) is 18.2 Å². The highest BCUT2D eigenvalue weighted by molar-refractivity contribution is 6.22. The van der Waals surface area contributed by atoms with E-state index in [1.54, 1.807) is 24.3 Å². The highest BCUT2D eigenvalue weighted by Crippen LogP contribution is 2.23. The number of anilines is 1. The van der Waals surface area contributed by atoms with E-state index >= 15 is 0 Å². The van der Waals surface area contributed by atoms with Crippen LogP contribution in [0.25, 0.3) is 0 Å². The van der Waals surface area contributed by atoms with Crippen LogP contribution in [0, 0.1) is 0 Å². The second kappa shape index (κ2) is 5.55.